The summed E-state index contributed by atoms with van der Waals surface area (Å²) in [4.78, 5) is 21.7. The minimum Gasteiger partial charge on any atom is -0.462 e. The summed E-state index contributed by atoms with van der Waals surface area (Å²) >= 11 is 0. The molecule has 0 saturated heterocycles. The lowest BCUT2D eigenvalue weighted by atomic mass is 10.1. The highest BCUT2D eigenvalue weighted by molar-refractivity contribution is 6.01. The number of carbonyl (C=O) groups excluding carboxylic acids is 1. The Morgan fingerprint density at radius 3 is 2.12 bits per heavy atom. The zero-order chi connectivity index (χ0) is 17.6. The van der Waals surface area contributed by atoms with Gasteiger partial charge >= 0.3 is 5.97 Å². The van der Waals surface area contributed by atoms with Crippen LogP contribution < -0.4 is 5.32 Å². The normalized spacial score (nSPS) is 10.3. The number of hydrogen-bond acceptors (Lipinski definition) is 5. The van der Waals surface area contributed by atoms with Crippen LogP contribution in [0.25, 0.3) is 22.6 Å². The van der Waals surface area contributed by atoms with Gasteiger partial charge in [-0.15, -0.1) is 0 Å². The summed E-state index contributed by atoms with van der Waals surface area (Å²) in [5.74, 6) is 0.563. The van der Waals surface area contributed by atoms with E-state index >= 15 is 0 Å². The number of rotatable bonds is 5. The van der Waals surface area contributed by atoms with E-state index in [0.717, 1.165) is 11.1 Å². The van der Waals surface area contributed by atoms with Crippen molar-refractivity contribution in [3.05, 3.63) is 66.2 Å². The summed E-state index contributed by atoms with van der Waals surface area (Å²) in [5.41, 5.74) is 2.61. The average molecular weight is 333 g/mol. The number of nitrogens with zero attached hydrogens (tertiary/aromatic N) is 2. The van der Waals surface area contributed by atoms with E-state index in [2.05, 4.69) is 15.3 Å². The van der Waals surface area contributed by atoms with Gasteiger partial charge in [-0.05, 0) is 6.92 Å². The lowest BCUT2D eigenvalue weighted by molar-refractivity contribution is 0.0527. The fraction of sp³-hybridized carbons (Fsp3) is 0.150. The van der Waals surface area contributed by atoms with Crippen molar-refractivity contribution in [1.82, 2.24) is 9.97 Å². The molecule has 0 spiro atoms. The second-order valence-electron chi connectivity index (χ2n) is 5.32. The molecule has 1 heterocycles. The van der Waals surface area contributed by atoms with E-state index in [1.165, 1.54) is 0 Å². The Balaban J connectivity index is 2.25. The highest BCUT2D eigenvalue weighted by atomic mass is 16.5. The fourth-order valence-corrected chi connectivity index (χ4v) is 2.56. The first-order valence-electron chi connectivity index (χ1n) is 8.12. The molecule has 0 atom stereocenters. The summed E-state index contributed by atoms with van der Waals surface area (Å²) in [6.45, 7) is 2.06. The number of ether oxygens (including phenoxy) is 1. The Kier molecular flexibility index (Phi) is 5.04. The number of esters is 1. The topological polar surface area (TPSA) is 64.1 Å². The monoisotopic (exact) mass is 333 g/mol. The van der Waals surface area contributed by atoms with Gasteiger partial charge in [0.15, 0.2) is 5.82 Å². The minimum atomic E-state index is -0.440. The van der Waals surface area contributed by atoms with Gasteiger partial charge in [-0.3, -0.25) is 0 Å². The summed E-state index contributed by atoms with van der Waals surface area (Å²) in [6, 6.07) is 19.2. The first-order valence-corrected chi connectivity index (χ1v) is 8.12. The van der Waals surface area contributed by atoms with Crippen LogP contribution in [-0.2, 0) is 4.74 Å². The molecule has 3 rings (SSSR count). The number of benzene rings is 2. The number of anilines is 1. The Labute approximate surface area is 146 Å². The van der Waals surface area contributed by atoms with Gasteiger partial charge in [0.1, 0.15) is 11.4 Å². The molecule has 0 saturated carbocycles. The van der Waals surface area contributed by atoms with E-state index in [4.69, 9.17) is 4.74 Å². The molecule has 5 nitrogen and oxygen atoms in total. The molecule has 1 aromatic heterocycles. The predicted octanol–water partition coefficient (Wildman–Crippen LogP) is 4.03. The number of nitrogens with one attached hydrogen (secondary N) is 1. The molecule has 0 fully saturated rings. The molecule has 0 bridgehead atoms. The molecule has 126 valence electrons. The van der Waals surface area contributed by atoms with Gasteiger partial charge in [0.25, 0.3) is 0 Å². The molecular weight excluding hydrogens is 314 g/mol. The Bertz CT molecular complexity index is 865. The van der Waals surface area contributed by atoms with Gasteiger partial charge in [0, 0.05) is 18.2 Å². The third kappa shape index (κ3) is 3.50. The maximum Gasteiger partial charge on any atom is 0.344 e. The smallest absolute Gasteiger partial charge is 0.344 e. The van der Waals surface area contributed by atoms with Crippen LogP contribution in [0.3, 0.4) is 0 Å². The third-order valence-corrected chi connectivity index (χ3v) is 3.70. The summed E-state index contributed by atoms with van der Waals surface area (Å²) in [5, 5.41) is 3.00. The Morgan fingerprint density at radius 2 is 1.56 bits per heavy atom. The molecule has 25 heavy (non-hydrogen) atoms. The summed E-state index contributed by atoms with van der Waals surface area (Å²) in [6.07, 6.45) is 0. The van der Waals surface area contributed by atoms with Gasteiger partial charge in [0.05, 0.1) is 12.3 Å². The van der Waals surface area contributed by atoms with Gasteiger partial charge in [0.2, 0.25) is 0 Å². The zero-order valence-electron chi connectivity index (χ0n) is 14.2. The second kappa shape index (κ2) is 7.57. The number of carbonyl (C=O) groups is 1. The van der Waals surface area contributed by atoms with Gasteiger partial charge in [-0.2, -0.15) is 0 Å². The first kappa shape index (κ1) is 16.6. The lowest BCUT2D eigenvalue weighted by Crippen LogP contribution is -2.13. The molecular formula is C20H19N3O2. The van der Waals surface area contributed by atoms with Gasteiger partial charge in [-0.25, -0.2) is 14.8 Å². The van der Waals surface area contributed by atoms with E-state index < -0.39 is 5.97 Å². The highest BCUT2D eigenvalue weighted by Crippen LogP contribution is 2.30. The van der Waals surface area contributed by atoms with Crippen LogP contribution in [0, 0.1) is 0 Å². The fourth-order valence-electron chi connectivity index (χ4n) is 2.56. The number of aromatic nitrogens is 2. The molecule has 3 aromatic rings. The number of hydrogen-bond donors (Lipinski definition) is 1. The standard InChI is InChI=1S/C20H19N3O2/c1-3-25-20(24)16-17(14-10-6-4-7-11-14)22-18(23-19(16)21-2)15-12-8-5-9-13-15/h4-13H,3H2,1-2H3,(H,21,22,23). The SMILES string of the molecule is CCOC(=O)c1c(NC)nc(-c2ccccc2)nc1-c1ccccc1. The van der Waals surface area contributed by atoms with E-state index in [9.17, 15) is 4.79 Å². The molecule has 1 N–H and O–H groups in total. The molecule has 0 radical (unpaired) electrons. The largest absolute Gasteiger partial charge is 0.462 e. The van der Waals surface area contributed by atoms with E-state index in [0.29, 0.717) is 22.9 Å². The van der Waals surface area contributed by atoms with Crippen molar-refractivity contribution >= 4 is 11.8 Å². The van der Waals surface area contributed by atoms with Crippen LogP contribution in [0.5, 0.6) is 0 Å². The first-order chi connectivity index (χ1) is 12.2. The summed E-state index contributed by atoms with van der Waals surface area (Å²) < 4.78 is 5.22. The van der Waals surface area contributed by atoms with Crippen molar-refractivity contribution in [2.24, 2.45) is 0 Å². The highest BCUT2D eigenvalue weighted by Gasteiger charge is 2.23. The van der Waals surface area contributed by atoms with Crippen LogP contribution >= 0.6 is 0 Å². The lowest BCUT2D eigenvalue weighted by Gasteiger charge is -2.14. The van der Waals surface area contributed by atoms with Crippen molar-refractivity contribution in [1.29, 1.82) is 0 Å². The zero-order valence-corrected chi connectivity index (χ0v) is 14.2. The van der Waals surface area contributed by atoms with Crippen molar-refractivity contribution in [2.75, 3.05) is 19.0 Å². The second-order valence-corrected chi connectivity index (χ2v) is 5.32. The van der Waals surface area contributed by atoms with Crippen molar-refractivity contribution in [3.63, 3.8) is 0 Å². The van der Waals surface area contributed by atoms with E-state index in [1.807, 2.05) is 60.7 Å². The average Bonchev–Trinajstić information content (AvgIpc) is 2.68. The van der Waals surface area contributed by atoms with Crippen LogP contribution in [0.1, 0.15) is 17.3 Å². The summed E-state index contributed by atoms with van der Waals surface area (Å²) in [7, 11) is 1.73. The minimum absolute atomic E-state index is 0.288. The Morgan fingerprint density at radius 1 is 0.960 bits per heavy atom. The van der Waals surface area contributed by atoms with E-state index in [-0.39, 0.29) is 6.61 Å². The van der Waals surface area contributed by atoms with Crippen molar-refractivity contribution < 1.29 is 9.53 Å². The van der Waals surface area contributed by atoms with E-state index in [1.54, 1.807) is 14.0 Å². The molecule has 0 unspecified atom stereocenters. The van der Waals surface area contributed by atoms with Crippen LogP contribution in [0.15, 0.2) is 60.7 Å². The quantitative estimate of drug-likeness (QED) is 0.714. The predicted molar refractivity (Wildman–Crippen MR) is 98.4 cm³/mol. The van der Waals surface area contributed by atoms with Crippen LogP contribution in [-0.4, -0.2) is 29.6 Å². The van der Waals surface area contributed by atoms with Gasteiger partial charge < -0.3 is 10.1 Å². The molecule has 5 heteroatoms. The third-order valence-electron chi connectivity index (χ3n) is 3.70. The molecule has 0 amide bonds. The van der Waals surface area contributed by atoms with Crippen molar-refractivity contribution in [2.45, 2.75) is 6.92 Å². The van der Waals surface area contributed by atoms with Crippen LogP contribution in [0.2, 0.25) is 0 Å². The Hall–Kier alpha value is -3.21. The molecule has 0 aliphatic heterocycles. The van der Waals surface area contributed by atoms with Crippen molar-refractivity contribution in [3.8, 4) is 22.6 Å². The maximum atomic E-state index is 12.5. The maximum absolute atomic E-state index is 12.5. The molecule has 0 aliphatic carbocycles. The molecule has 0 aliphatic rings. The van der Waals surface area contributed by atoms with Gasteiger partial charge in [-0.1, -0.05) is 60.7 Å². The van der Waals surface area contributed by atoms with Crippen LogP contribution in [0.4, 0.5) is 5.82 Å². The molecule has 2 aromatic carbocycles.